The van der Waals surface area contributed by atoms with Crippen LogP contribution in [-0.4, -0.2) is 62.3 Å². The van der Waals surface area contributed by atoms with Crippen LogP contribution in [0.2, 0.25) is 0 Å². The van der Waals surface area contributed by atoms with Gasteiger partial charge in [-0.05, 0) is 47.5 Å². The number of aliphatic carboxylic acids is 1. The standard InChI is InChI=1S/C22H18O12/c23-11-32-22(34-19(29)8-4-13-2-6-15(25)17(27)10-13)20(21(30)31)33-18(28)7-3-12-1-5-14(24)16(26)9-12/h1-11,20,22,24-27H,(H,30,31)/b7-3+,8-4+. The van der Waals surface area contributed by atoms with E-state index in [9.17, 15) is 44.7 Å². The average molecular weight is 474 g/mol. The Morgan fingerprint density at radius 2 is 1.21 bits per heavy atom. The Morgan fingerprint density at radius 3 is 1.62 bits per heavy atom. The van der Waals surface area contributed by atoms with Gasteiger partial charge in [0.1, 0.15) is 0 Å². The molecule has 0 bridgehead atoms. The quantitative estimate of drug-likeness (QED) is 0.109. The van der Waals surface area contributed by atoms with E-state index in [0.717, 1.165) is 48.6 Å². The topological polar surface area (TPSA) is 197 Å². The fourth-order valence-corrected chi connectivity index (χ4v) is 2.37. The average Bonchev–Trinajstić information content (AvgIpc) is 2.78. The minimum absolute atomic E-state index is 0.210. The van der Waals surface area contributed by atoms with Crippen molar-refractivity contribution in [3.8, 4) is 23.0 Å². The van der Waals surface area contributed by atoms with E-state index in [1.54, 1.807) is 0 Å². The SMILES string of the molecule is O=COC(OC(=O)/C=C/c1ccc(O)c(O)c1)C(OC(=O)/C=C/c1ccc(O)c(O)c1)C(=O)O. The molecule has 0 aromatic heterocycles. The number of phenolic OH excluding ortho intramolecular Hbond substituents is 4. The van der Waals surface area contributed by atoms with Gasteiger partial charge in [0.25, 0.3) is 18.9 Å². The summed E-state index contributed by atoms with van der Waals surface area (Å²) in [6, 6.07) is 7.25. The number of aromatic hydroxyl groups is 4. The van der Waals surface area contributed by atoms with Gasteiger partial charge in [-0.1, -0.05) is 12.1 Å². The predicted molar refractivity (Wildman–Crippen MR) is 112 cm³/mol. The minimum atomic E-state index is -2.23. The lowest BCUT2D eigenvalue weighted by molar-refractivity contribution is -0.208. The zero-order valence-electron chi connectivity index (χ0n) is 17.1. The fraction of sp³-hybridized carbons (Fsp3) is 0.0909. The largest absolute Gasteiger partial charge is 0.504 e. The molecular weight excluding hydrogens is 456 g/mol. The fourth-order valence-electron chi connectivity index (χ4n) is 2.37. The van der Waals surface area contributed by atoms with Crippen molar-refractivity contribution in [3.05, 3.63) is 59.7 Å². The van der Waals surface area contributed by atoms with Crippen LogP contribution in [0.25, 0.3) is 12.2 Å². The Hall–Kier alpha value is -5.00. The van der Waals surface area contributed by atoms with Crippen molar-refractivity contribution in [1.82, 2.24) is 0 Å². The van der Waals surface area contributed by atoms with Gasteiger partial charge in [-0.2, -0.15) is 0 Å². The number of carboxylic acids is 1. The highest BCUT2D eigenvalue weighted by Gasteiger charge is 2.36. The second-order valence-electron chi connectivity index (χ2n) is 6.40. The van der Waals surface area contributed by atoms with Crippen LogP contribution >= 0.6 is 0 Å². The number of phenols is 4. The minimum Gasteiger partial charge on any atom is -0.504 e. The molecule has 0 aliphatic rings. The molecule has 0 saturated heterocycles. The Bertz CT molecular complexity index is 1130. The molecule has 0 saturated carbocycles. The second kappa shape index (κ2) is 11.6. The normalized spacial score (nSPS) is 12.7. The first-order valence-corrected chi connectivity index (χ1v) is 9.24. The number of esters is 2. The molecule has 5 N–H and O–H groups in total. The summed E-state index contributed by atoms with van der Waals surface area (Å²) in [5.74, 6) is -5.88. The molecule has 12 nitrogen and oxygen atoms in total. The molecule has 2 unspecified atom stereocenters. The molecule has 0 spiro atoms. The molecule has 0 fully saturated rings. The third-order valence-electron chi connectivity index (χ3n) is 3.98. The lowest BCUT2D eigenvalue weighted by atomic mass is 10.2. The molecule has 12 heteroatoms. The van der Waals surface area contributed by atoms with Crippen LogP contribution in [0, 0.1) is 0 Å². The Labute approximate surface area is 191 Å². The van der Waals surface area contributed by atoms with Crippen molar-refractivity contribution >= 4 is 36.5 Å². The van der Waals surface area contributed by atoms with Crippen LogP contribution in [0.1, 0.15) is 11.1 Å². The van der Waals surface area contributed by atoms with Crippen LogP contribution < -0.4 is 0 Å². The predicted octanol–water partition coefficient (Wildman–Crippen LogP) is 1.27. The molecule has 0 aliphatic heterocycles. The number of benzene rings is 2. The van der Waals surface area contributed by atoms with E-state index in [1.165, 1.54) is 12.1 Å². The van der Waals surface area contributed by atoms with Gasteiger partial charge in [0.15, 0.2) is 23.0 Å². The molecule has 178 valence electrons. The smallest absolute Gasteiger partial charge is 0.353 e. The Kier molecular flexibility index (Phi) is 8.60. The third-order valence-corrected chi connectivity index (χ3v) is 3.98. The van der Waals surface area contributed by atoms with Crippen molar-refractivity contribution in [1.29, 1.82) is 0 Å². The summed E-state index contributed by atoms with van der Waals surface area (Å²) >= 11 is 0. The highest BCUT2D eigenvalue weighted by atomic mass is 16.7. The lowest BCUT2D eigenvalue weighted by Gasteiger charge is -2.21. The van der Waals surface area contributed by atoms with Crippen LogP contribution in [0.5, 0.6) is 23.0 Å². The third kappa shape index (κ3) is 7.30. The van der Waals surface area contributed by atoms with Gasteiger partial charge in [0.2, 0.25) is 0 Å². The van der Waals surface area contributed by atoms with E-state index in [1.807, 2.05) is 0 Å². The van der Waals surface area contributed by atoms with Crippen molar-refractivity contribution in [2.24, 2.45) is 0 Å². The number of carbonyl (C=O) groups excluding carboxylic acids is 3. The number of hydrogen-bond acceptors (Lipinski definition) is 11. The van der Waals surface area contributed by atoms with E-state index in [-0.39, 0.29) is 23.3 Å². The molecule has 2 aromatic carbocycles. The van der Waals surface area contributed by atoms with Crippen LogP contribution in [0.15, 0.2) is 48.6 Å². The van der Waals surface area contributed by atoms with Crippen LogP contribution in [0.4, 0.5) is 0 Å². The highest BCUT2D eigenvalue weighted by Crippen LogP contribution is 2.26. The van der Waals surface area contributed by atoms with Crippen LogP contribution in [0.3, 0.4) is 0 Å². The maximum Gasteiger partial charge on any atom is 0.353 e. The zero-order chi connectivity index (χ0) is 25.3. The van der Waals surface area contributed by atoms with Gasteiger partial charge in [0, 0.05) is 12.2 Å². The van der Waals surface area contributed by atoms with Gasteiger partial charge in [0.05, 0.1) is 0 Å². The summed E-state index contributed by atoms with van der Waals surface area (Å²) in [5.41, 5.74) is 0.531. The Morgan fingerprint density at radius 1 is 0.735 bits per heavy atom. The van der Waals surface area contributed by atoms with Gasteiger partial charge in [-0.25, -0.2) is 14.4 Å². The van der Waals surface area contributed by atoms with E-state index in [4.69, 9.17) is 9.47 Å². The first kappa shape index (κ1) is 25.3. The molecule has 34 heavy (non-hydrogen) atoms. The molecular formula is C22H18O12. The monoisotopic (exact) mass is 474 g/mol. The summed E-state index contributed by atoms with van der Waals surface area (Å²) in [6.07, 6.45) is -0.487. The van der Waals surface area contributed by atoms with Crippen molar-refractivity contribution < 1.29 is 58.9 Å². The first-order valence-electron chi connectivity index (χ1n) is 9.24. The number of hydrogen-bond donors (Lipinski definition) is 5. The number of rotatable bonds is 10. The van der Waals surface area contributed by atoms with Gasteiger partial charge >= 0.3 is 17.9 Å². The lowest BCUT2D eigenvalue weighted by Crippen LogP contribution is -2.42. The van der Waals surface area contributed by atoms with Crippen LogP contribution in [-0.2, 0) is 33.4 Å². The highest BCUT2D eigenvalue weighted by molar-refractivity contribution is 5.90. The Balaban J connectivity index is 2.09. The van der Waals surface area contributed by atoms with E-state index in [2.05, 4.69) is 4.74 Å². The molecule has 0 heterocycles. The van der Waals surface area contributed by atoms with E-state index >= 15 is 0 Å². The molecule has 2 aromatic rings. The number of ether oxygens (including phenoxy) is 3. The van der Waals surface area contributed by atoms with Gasteiger partial charge in [-0.15, -0.1) is 0 Å². The maximum atomic E-state index is 12.0. The number of carboxylic acid groups (broad SMARTS) is 1. The first-order chi connectivity index (χ1) is 16.1. The second-order valence-corrected chi connectivity index (χ2v) is 6.40. The summed E-state index contributed by atoms with van der Waals surface area (Å²) in [6.45, 7) is -0.210. The molecule has 2 rings (SSSR count). The summed E-state index contributed by atoms with van der Waals surface area (Å²) in [5, 5.41) is 46.7. The molecule has 2 atom stereocenters. The number of carbonyl (C=O) groups is 4. The molecule has 0 amide bonds. The summed E-state index contributed by atoms with van der Waals surface area (Å²) < 4.78 is 13.9. The zero-order valence-corrected chi connectivity index (χ0v) is 17.1. The summed E-state index contributed by atoms with van der Waals surface area (Å²) in [7, 11) is 0. The van der Waals surface area contributed by atoms with Gasteiger partial charge < -0.3 is 39.7 Å². The molecule has 0 radical (unpaired) electrons. The maximum absolute atomic E-state index is 12.0. The van der Waals surface area contributed by atoms with Crippen molar-refractivity contribution in [2.45, 2.75) is 12.4 Å². The molecule has 0 aliphatic carbocycles. The van der Waals surface area contributed by atoms with Crippen molar-refractivity contribution in [3.63, 3.8) is 0 Å². The van der Waals surface area contributed by atoms with E-state index in [0.29, 0.717) is 0 Å². The summed E-state index contributed by atoms with van der Waals surface area (Å²) in [4.78, 5) is 46.3. The van der Waals surface area contributed by atoms with E-state index < -0.39 is 47.6 Å². The van der Waals surface area contributed by atoms with Gasteiger partial charge in [-0.3, -0.25) is 4.79 Å². The van der Waals surface area contributed by atoms with Crippen molar-refractivity contribution in [2.75, 3.05) is 0 Å².